The van der Waals surface area contributed by atoms with Gasteiger partial charge in [0.25, 0.3) is 0 Å². The molecule has 0 radical (unpaired) electrons. The summed E-state index contributed by atoms with van der Waals surface area (Å²) in [6, 6.07) is 1.94. The van der Waals surface area contributed by atoms with Gasteiger partial charge in [-0.2, -0.15) is 4.31 Å². The molecule has 0 aliphatic heterocycles. The number of carboxylic acids is 1. The van der Waals surface area contributed by atoms with Crippen molar-refractivity contribution in [3.05, 3.63) is 42.5 Å². The molecule has 0 spiro atoms. The van der Waals surface area contributed by atoms with E-state index in [4.69, 9.17) is 5.11 Å². The predicted molar refractivity (Wildman–Crippen MR) is 62.9 cm³/mol. The van der Waals surface area contributed by atoms with Crippen LogP contribution in [0.3, 0.4) is 0 Å². The van der Waals surface area contributed by atoms with Gasteiger partial charge in [-0.1, -0.05) is 6.08 Å². The van der Waals surface area contributed by atoms with Crippen molar-refractivity contribution in [2.75, 3.05) is 13.1 Å². The molecule has 0 bridgehead atoms. The minimum atomic E-state index is -4.37. The SMILES string of the molecule is C=CCN(CC(=O)O)S(=O)(=O)c1ccc(F)cc1F. The average Bonchev–Trinajstić information content (AvgIpc) is 2.27. The molecule has 0 heterocycles. The quantitative estimate of drug-likeness (QED) is 0.800. The van der Waals surface area contributed by atoms with E-state index in [1.165, 1.54) is 6.08 Å². The first-order valence-corrected chi connectivity index (χ1v) is 6.51. The van der Waals surface area contributed by atoms with E-state index in [1.54, 1.807) is 0 Å². The van der Waals surface area contributed by atoms with Crippen molar-refractivity contribution < 1.29 is 27.1 Å². The normalized spacial score (nSPS) is 11.5. The minimum Gasteiger partial charge on any atom is -0.480 e. The first-order chi connectivity index (χ1) is 8.78. The molecule has 104 valence electrons. The van der Waals surface area contributed by atoms with Crippen molar-refractivity contribution >= 4 is 16.0 Å². The van der Waals surface area contributed by atoms with Crippen LogP contribution in [-0.4, -0.2) is 36.9 Å². The fourth-order valence-electron chi connectivity index (χ4n) is 1.37. The largest absolute Gasteiger partial charge is 0.480 e. The topological polar surface area (TPSA) is 74.7 Å². The van der Waals surface area contributed by atoms with E-state index in [-0.39, 0.29) is 6.54 Å². The molecule has 5 nitrogen and oxygen atoms in total. The lowest BCUT2D eigenvalue weighted by Crippen LogP contribution is -2.36. The van der Waals surface area contributed by atoms with Crippen LogP contribution in [0.25, 0.3) is 0 Å². The maximum absolute atomic E-state index is 13.5. The van der Waals surface area contributed by atoms with Gasteiger partial charge in [0.2, 0.25) is 10.0 Å². The Morgan fingerprint density at radius 1 is 1.42 bits per heavy atom. The summed E-state index contributed by atoms with van der Waals surface area (Å²) in [5.41, 5.74) is 0. The number of hydrogen-bond acceptors (Lipinski definition) is 3. The van der Waals surface area contributed by atoms with Crippen molar-refractivity contribution in [3.8, 4) is 0 Å². The number of aliphatic carboxylic acids is 1. The molecular weight excluding hydrogens is 280 g/mol. The lowest BCUT2D eigenvalue weighted by Gasteiger charge is -2.18. The molecule has 1 aromatic rings. The number of sulfonamides is 1. The number of rotatable bonds is 6. The molecule has 0 aliphatic carbocycles. The Balaban J connectivity index is 3.25. The first-order valence-electron chi connectivity index (χ1n) is 5.07. The lowest BCUT2D eigenvalue weighted by atomic mass is 10.3. The van der Waals surface area contributed by atoms with Crippen molar-refractivity contribution in [2.45, 2.75) is 4.90 Å². The van der Waals surface area contributed by atoms with Crippen LogP contribution in [0.1, 0.15) is 0 Å². The Labute approximate surface area is 108 Å². The minimum absolute atomic E-state index is 0.300. The summed E-state index contributed by atoms with van der Waals surface area (Å²) in [6.45, 7) is 2.16. The van der Waals surface area contributed by atoms with Gasteiger partial charge in [0, 0.05) is 12.6 Å². The molecule has 8 heteroatoms. The molecule has 1 N–H and O–H groups in total. The second-order valence-electron chi connectivity index (χ2n) is 3.55. The molecule has 0 aromatic heterocycles. The Hall–Kier alpha value is -1.80. The maximum Gasteiger partial charge on any atom is 0.318 e. The highest BCUT2D eigenvalue weighted by atomic mass is 32.2. The summed E-state index contributed by atoms with van der Waals surface area (Å²) in [5.74, 6) is -3.60. The predicted octanol–water partition coefficient (Wildman–Crippen LogP) is 1.23. The Kier molecular flexibility index (Phi) is 4.73. The number of hydrogen-bond donors (Lipinski definition) is 1. The van der Waals surface area contributed by atoms with Gasteiger partial charge in [-0.05, 0) is 12.1 Å². The van der Waals surface area contributed by atoms with E-state index in [0.717, 1.165) is 12.1 Å². The van der Waals surface area contributed by atoms with Gasteiger partial charge in [0.15, 0.2) is 0 Å². The summed E-state index contributed by atoms with van der Waals surface area (Å²) < 4.78 is 50.8. The third-order valence-electron chi connectivity index (χ3n) is 2.16. The zero-order valence-corrected chi connectivity index (χ0v) is 10.5. The molecule has 1 aromatic carbocycles. The smallest absolute Gasteiger partial charge is 0.318 e. The monoisotopic (exact) mass is 291 g/mol. The standard InChI is InChI=1S/C11H11F2NO4S/c1-2-5-14(7-11(15)16)19(17,18)10-4-3-8(12)6-9(10)13/h2-4,6H,1,5,7H2,(H,15,16). The van der Waals surface area contributed by atoms with Crippen molar-refractivity contribution in [3.63, 3.8) is 0 Å². The molecular formula is C11H11F2NO4S. The second kappa shape index (κ2) is 5.89. The number of carbonyl (C=O) groups is 1. The zero-order valence-electron chi connectivity index (χ0n) is 9.71. The van der Waals surface area contributed by atoms with Crippen LogP contribution in [0.15, 0.2) is 35.7 Å². The Morgan fingerprint density at radius 3 is 2.53 bits per heavy atom. The van der Waals surface area contributed by atoms with E-state index in [1.807, 2.05) is 0 Å². The highest BCUT2D eigenvalue weighted by Gasteiger charge is 2.28. The number of halogens is 2. The molecule has 0 saturated heterocycles. The van der Waals surface area contributed by atoms with Gasteiger partial charge in [-0.3, -0.25) is 4.79 Å². The summed E-state index contributed by atoms with van der Waals surface area (Å²) >= 11 is 0. The van der Waals surface area contributed by atoms with Crippen LogP contribution < -0.4 is 0 Å². The van der Waals surface area contributed by atoms with Gasteiger partial charge in [0.05, 0.1) is 0 Å². The van der Waals surface area contributed by atoms with Gasteiger partial charge < -0.3 is 5.11 Å². The summed E-state index contributed by atoms with van der Waals surface area (Å²) in [4.78, 5) is 9.83. The number of nitrogens with zero attached hydrogens (tertiary/aromatic N) is 1. The van der Waals surface area contributed by atoms with Crippen LogP contribution in [0, 0.1) is 11.6 Å². The average molecular weight is 291 g/mol. The fraction of sp³-hybridized carbons (Fsp3) is 0.182. The van der Waals surface area contributed by atoms with E-state index < -0.39 is 39.1 Å². The summed E-state index contributed by atoms with van der Waals surface area (Å²) in [6.07, 6.45) is 1.17. The Morgan fingerprint density at radius 2 is 2.05 bits per heavy atom. The van der Waals surface area contributed by atoms with E-state index in [2.05, 4.69) is 6.58 Å². The fourth-order valence-corrected chi connectivity index (χ4v) is 2.77. The van der Waals surface area contributed by atoms with E-state index >= 15 is 0 Å². The van der Waals surface area contributed by atoms with E-state index in [9.17, 15) is 22.0 Å². The molecule has 0 unspecified atom stereocenters. The van der Waals surface area contributed by atoms with Crippen LogP contribution in [-0.2, 0) is 14.8 Å². The highest BCUT2D eigenvalue weighted by molar-refractivity contribution is 7.89. The van der Waals surface area contributed by atoms with Crippen molar-refractivity contribution in [2.24, 2.45) is 0 Å². The zero-order chi connectivity index (χ0) is 14.6. The van der Waals surface area contributed by atoms with Gasteiger partial charge in [-0.15, -0.1) is 6.58 Å². The third kappa shape index (κ3) is 3.58. The summed E-state index contributed by atoms with van der Waals surface area (Å²) in [5, 5.41) is 8.64. The van der Waals surface area contributed by atoms with Crippen LogP contribution >= 0.6 is 0 Å². The van der Waals surface area contributed by atoms with Crippen LogP contribution in [0.5, 0.6) is 0 Å². The first kappa shape index (κ1) is 15.3. The number of benzene rings is 1. The molecule has 19 heavy (non-hydrogen) atoms. The van der Waals surface area contributed by atoms with Crippen molar-refractivity contribution in [1.29, 1.82) is 0 Å². The Bertz CT molecular complexity index is 601. The molecule has 0 amide bonds. The van der Waals surface area contributed by atoms with Crippen molar-refractivity contribution in [1.82, 2.24) is 4.31 Å². The molecule has 0 aliphatic rings. The summed E-state index contributed by atoms with van der Waals surface area (Å²) in [7, 11) is -4.37. The molecule has 0 fully saturated rings. The van der Waals surface area contributed by atoms with E-state index in [0.29, 0.717) is 10.4 Å². The van der Waals surface area contributed by atoms with Gasteiger partial charge >= 0.3 is 5.97 Å². The van der Waals surface area contributed by atoms with Gasteiger partial charge in [-0.25, -0.2) is 17.2 Å². The van der Waals surface area contributed by atoms with Gasteiger partial charge in [0.1, 0.15) is 23.1 Å². The van der Waals surface area contributed by atoms with Crippen LogP contribution in [0.2, 0.25) is 0 Å². The highest BCUT2D eigenvalue weighted by Crippen LogP contribution is 2.20. The van der Waals surface area contributed by atoms with Crippen LogP contribution in [0.4, 0.5) is 8.78 Å². The maximum atomic E-state index is 13.5. The third-order valence-corrected chi connectivity index (χ3v) is 4.00. The molecule has 0 saturated carbocycles. The lowest BCUT2D eigenvalue weighted by molar-refractivity contribution is -0.137. The second-order valence-corrected chi connectivity index (χ2v) is 5.46. The number of carboxylic acid groups (broad SMARTS) is 1. The molecule has 0 atom stereocenters. The molecule has 1 rings (SSSR count).